The maximum Gasteiger partial charge on any atom is 0.272 e. The molecule has 0 bridgehead atoms. The molecule has 0 saturated heterocycles. The van der Waals surface area contributed by atoms with Crippen molar-refractivity contribution in [2.45, 2.75) is 6.42 Å². The van der Waals surface area contributed by atoms with Crippen molar-refractivity contribution in [3.05, 3.63) is 65.0 Å². The van der Waals surface area contributed by atoms with Crippen molar-refractivity contribution in [1.29, 1.82) is 0 Å². The highest BCUT2D eigenvalue weighted by Gasteiger charge is 2.15. The first kappa shape index (κ1) is 14.8. The molecule has 0 saturated carbocycles. The van der Waals surface area contributed by atoms with E-state index in [0.717, 1.165) is 27.0 Å². The Morgan fingerprint density at radius 2 is 2.21 bits per heavy atom. The molecule has 0 aromatic carbocycles. The normalized spacial score (nSPS) is 14.6. The molecule has 120 valence electrons. The van der Waals surface area contributed by atoms with Crippen molar-refractivity contribution in [1.82, 2.24) is 9.55 Å². The molecule has 0 aliphatic heterocycles. The third-order valence-electron chi connectivity index (χ3n) is 4.05. The lowest BCUT2D eigenvalue weighted by atomic mass is 10.2. The fourth-order valence-electron chi connectivity index (χ4n) is 2.89. The summed E-state index contributed by atoms with van der Waals surface area (Å²) in [5, 5.41) is 5.00. The summed E-state index contributed by atoms with van der Waals surface area (Å²) in [5.41, 5.74) is 1.59. The molecule has 4 rings (SSSR count). The highest BCUT2D eigenvalue weighted by molar-refractivity contribution is 7.25. The molecule has 6 heteroatoms. The van der Waals surface area contributed by atoms with Gasteiger partial charge in [-0.05, 0) is 30.4 Å². The number of hydrogen-bond acceptors (Lipinski definition) is 4. The molecule has 3 heterocycles. The van der Waals surface area contributed by atoms with Gasteiger partial charge in [-0.1, -0.05) is 6.08 Å². The molecule has 0 radical (unpaired) electrons. The predicted octanol–water partition coefficient (Wildman–Crippen LogP) is 4.31. The van der Waals surface area contributed by atoms with Gasteiger partial charge >= 0.3 is 0 Å². The second kappa shape index (κ2) is 5.72. The Bertz CT molecular complexity index is 1100. The number of thiophene rings is 1. The molecular formula is C18H14FN3OS. The summed E-state index contributed by atoms with van der Waals surface area (Å²) in [6, 6.07) is 3.82. The molecule has 0 atom stereocenters. The fraction of sp³-hybridized carbons (Fsp3) is 0.111. The second-order valence-electron chi connectivity index (χ2n) is 5.44. The van der Waals surface area contributed by atoms with Crippen LogP contribution in [0.2, 0.25) is 0 Å². The van der Waals surface area contributed by atoms with E-state index in [0.29, 0.717) is 11.1 Å². The number of pyridine rings is 2. The van der Waals surface area contributed by atoms with Gasteiger partial charge in [-0.3, -0.25) is 9.36 Å². The third-order valence-corrected chi connectivity index (χ3v) is 5.15. The van der Waals surface area contributed by atoms with E-state index in [4.69, 9.17) is 0 Å². The number of allylic oxidation sites excluding steroid dienone is 6. The maximum absolute atomic E-state index is 13.3. The first-order chi connectivity index (χ1) is 11.7. The summed E-state index contributed by atoms with van der Waals surface area (Å²) in [5.74, 6) is -0.316. The predicted molar refractivity (Wildman–Crippen MR) is 98.2 cm³/mol. The van der Waals surface area contributed by atoms with Crippen LogP contribution in [-0.4, -0.2) is 16.6 Å². The van der Waals surface area contributed by atoms with Gasteiger partial charge < -0.3 is 5.32 Å². The summed E-state index contributed by atoms with van der Waals surface area (Å²) in [4.78, 5) is 18.1. The number of fused-ring (bicyclic) bond motifs is 3. The minimum atomic E-state index is -0.316. The SMILES string of the molecule is CNc1ccnc2sc3c(=O)n(C4=CC=C(F)C=CC4)ccc3c12. The van der Waals surface area contributed by atoms with Crippen LogP contribution in [-0.2, 0) is 0 Å². The number of nitrogens with one attached hydrogen (secondary N) is 1. The van der Waals surface area contributed by atoms with Crippen LogP contribution in [0.3, 0.4) is 0 Å². The van der Waals surface area contributed by atoms with Gasteiger partial charge in [0.25, 0.3) is 5.56 Å². The van der Waals surface area contributed by atoms with Gasteiger partial charge in [-0.15, -0.1) is 11.3 Å². The van der Waals surface area contributed by atoms with Crippen LogP contribution in [0.15, 0.2) is 59.5 Å². The second-order valence-corrected chi connectivity index (χ2v) is 6.44. The Morgan fingerprint density at radius 1 is 1.33 bits per heavy atom. The number of nitrogens with zero attached hydrogens (tertiary/aromatic N) is 2. The van der Waals surface area contributed by atoms with Gasteiger partial charge in [-0.25, -0.2) is 9.37 Å². The van der Waals surface area contributed by atoms with Gasteiger partial charge in [0.1, 0.15) is 15.4 Å². The summed E-state index contributed by atoms with van der Waals surface area (Å²) in [6.45, 7) is 0. The Labute approximate surface area is 141 Å². The Morgan fingerprint density at radius 3 is 3.04 bits per heavy atom. The van der Waals surface area contributed by atoms with E-state index in [1.807, 2.05) is 19.2 Å². The van der Waals surface area contributed by atoms with Crippen molar-refractivity contribution >= 4 is 43.0 Å². The first-order valence-corrected chi connectivity index (χ1v) is 8.34. The van der Waals surface area contributed by atoms with Gasteiger partial charge in [0, 0.05) is 48.0 Å². The van der Waals surface area contributed by atoms with E-state index in [-0.39, 0.29) is 11.4 Å². The zero-order valence-corrected chi connectivity index (χ0v) is 13.7. The Balaban J connectivity index is 1.98. The molecule has 4 nitrogen and oxygen atoms in total. The molecule has 1 aliphatic rings. The minimum absolute atomic E-state index is 0.104. The van der Waals surface area contributed by atoms with Crippen LogP contribution in [0.25, 0.3) is 26.0 Å². The molecule has 3 aromatic heterocycles. The van der Waals surface area contributed by atoms with Gasteiger partial charge in [0.2, 0.25) is 0 Å². The zero-order valence-electron chi connectivity index (χ0n) is 12.9. The Kier molecular flexibility index (Phi) is 3.54. The monoisotopic (exact) mass is 339 g/mol. The van der Waals surface area contributed by atoms with Crippen LogP contribution >= 0.6 is 11.3 Å². The summed E-state index contributed by atoms with van der Waals surface area (Å²) in [6.07, 6.45) is 10.1. The van der Waals surface area contributed by atoms with Crippen LogP contribution in [0, 0.1) is 0 Å². The molecule has 0 fully saturated rings. The molecule has 0 spiro atoms. The fourth-order valence-corrected chi connectivity index (χ4v) is 3.99. The lowest BCUT2D eigenvalue weighted by molar-refractivity contribution is 0.667. The standard InChI is InChI=1S/C18H14FN3OS/c1-20-14-7-9-21-17-15(14)13-8-10-22(18(23)16(13)24-17)12-4-2-3-11(19)5-6-12/h2-3,5-10H,4H2,1H3,(H,20,21). The van der Waals surface area contributed by atoms with Crippen molar-refractivity contribution in [3.8, 4) is 0 Å². The van der Waals surface area contributed by atoms with Crippen molar-refractivity contribution in [3.63, 3.8) is 0 Å². The number of aromatic nitrogens is 2. The minimum Gasteiger partial charge on any atom is -0.387 e. The lowest BCUT2D eigenvalue weighted by Crippen LogP contribution is -2.17. The number of anilines is 1. The highest BCUT2D eigenvalue weighted by Crippen LogP contribution is 2.35. The van der Waals surface area contributed by atoms with Crippen LogP contribution in [0.1, 0.15) is 6.42 Å². The van der Waals surface area contributed by atoms with E-state index in [1.165, 1.54) is 23.5 Å². The van der Waals surface area contributed by atoms with Crippen LogP contribution in [0.4, 0.5) is 10.1 Å². The molecule has 0 amide bonds. The molecule has 1 N–H and O–H groups in total. The highest BCUT2D eigenvalue weighted by atomic mass is 32.1. The molecular weight excluding hydrogens is 325 g/mol. The van der Waals surface area contributed by atoms with Crippen LogP contribution in [0.5, 0.6) is 0 Å². The molecule has 3 aromatic rings. The quantitative estimate of drug-likeness (QED) is 0.757. The smallest absolute Gasteiger partial charge is 0.272 e. The van der Waals surface area contributed by atoms with Crippen molar-refractivity contribution in [2.24, 2.45) is 0 Å². The molecule has 24 heavy (non-hydrogen) atoms. The van der Waals surface area contributed by atoms with E-state index in [1.54, 1.807) is 29.1 Å². The van der Waals surface area contributed by atoms with Crippen molar-refractivity contribution < 1.29 is 4.39 Å². The van der Waals surface area contributed by atoms with E-state index in [9.17, 15) is 9.18 Å². The van der Waals surface area contributed by atoms with E-state index >= 15 is 0 Å². The zero-order chi connectivity index (χ0) is 16.7. The average Bonchev–Trinajstić information content (AvgIpc) is 2.85. The first-order valence-electron chi connectivity index (χ1n) is 7.53. The molecule has 0 unspecified atom stereocenters. The summed E-state index contributed by atoms with van der Waals surface area (Å²) >= 11 is 1.38. The summed E-state index contributed by atoms with van der Waals surface area (Å²) < 4.78 is 15.6. The summed E-state index contributed by atoms with van der Waals surface area (Å²) in [7, 11) is 1.85. The Hall–Kier alpha value is -2.73. The van der Waals surface area contributed by atoms with Crippen molar-refractivity contribution in [2.75, 3.05) is 12.4 Å². The van der Waals surface area contributed by atoms with E-state index in [2.05, 4.69) is 10.3 Å². The van der Waals surface area contributed by atoms with Gasteiger partial charge in [-0.2, -0.15) is 0 Å². The number of hydrogen-bond donors (Lipinski definition) is 1. The largest absolute Gasteiger partial charge is 0.387 e. The van der Waals surface area contributed by atoms with E-state index < -0.39 is 0 Å². The molecule has 1 aliphatic carbocycles. The van der Waals surface area contributed by atoms with Gasteiger partial charge in [0.15, 0.2) is 0 Å². The maximum atomic E-state index is 13.3. The number of rotatable bonds is 2. The third kappa shape index (κ3) is 2.27. The topological polar surface area (TPSA) is 46.9 Å². The van der Waals surface area contributed by atoms with Crippen LogP contribution < -0.4 is 10.9 Å². The average molecular weight is 339 g/mol. The van der Waals surface area contributed by atoms with Gasteiger partial charge in [0.05, 0.1) is 0 Å². The number of halogens is 1. The lowest BCUT2D eigenvalue weighted by Gasteiger charge is -2.08.